The molecule has 1 saturated heterocycles. The number of hydrogen-bond donors (Lipinski definition) is 1. The van der Waals surface area contributed by atoms with Crippen LogP contribution in [0.4, 0.5) is 10.5 Å². The van der Waals surface area contributed by atoms with E-state index < -0.39 is 17.3 Å². The predicted molar refractivity (Wildman–Crippen MR) is 104 cm³/mol. The van der Waals surface area contributed by atoms with E-state index in [2.05, 4.69) is 5.32 Å². The summed E-state index contributed by atoms with van der Waals surface area (Å²) in [5.74, 6) is -1.21. The highest BCUT2D eigenvalue weighted by atomic mass is 16.5. The Hall–Kier alpha value is -3.15. The van der Waals surface area contributed by atoms with Crippen molar-refractivity contribution < 1.29 is 19.1 Å². The predicted octanol–water partition coefficient (Wildman–Crippen LogP) is 2.99. The normalized spacial score (nSPS) is 23.0. The highest BCUT2D eigenvalue weighted by Gasteiger charge is 2.58. The second-order valence-electron chi connectivity index (χ2n) is 7.27. The Morgan fingerprint density at radius 1 is 1.14 bits per heavy atom. The van der Waals surface area contributed by atoms with Gasteiger partial charge in [0.1, 0.15) is 5.41 Å². The standard InChI is InChI=1S/C22H22N2O4/c1-2-28-20(26)22-12-15-8-6-7-11-17(15)18(19(22)25)13-24(14-22)21(27)23-16-9-4-3-5-10-16/h3-11,18H,2,12-14H2,1H3,(H,23,27). The van der Waals surface area contributed by atoms with Crippen molar-refractivity contribution in [1.29, 1.82) is 0 Å². The first-order chi connectivity index (χ1) is 13.5. The van der Waals surface area contributed by atoms with Crippen LogP contribution in [0.25, 0.3) is 0 Å². The van der Waals surface area contributed by atoms with E-state index in [9.17, 15) is 14.4 Å². The number of nitrogens with one attached hydrogen (secondary N) is 1. The summed E-state index contributed by atoms with van der Waals surface area (Å²) < 4.78 is 5.27. The minimum atomic E-state index is -1.35. The van der Waals surface area contributed by atoms with Gasteiger partial charge in [-0.25, -0.2) is 4.79 Å². The van der Waals surface area contributed by atoms with Gasteiger partial charge in [0.15, 0.2) is 5.78 Å². The molecule has 0 saturated carbocycles. The monoisotopic (exact) mass is 378 g/mol. The summed E-state index contributed by atoms with van der Waals surface area (Å²) in [6.07, 6.45) is 0.256. The average Bonchev–Trinajstić information content (AvgIpc) is 2.69. The third-order valence-corrected chi connectivity index (χ3v) is 5.55. The van der Waals surface area contributed by atoms with Crippen molar-refractivity contribution >= 4 is 23.5 Å². The number of hydrogen-bond acceptors (Lipinski definition) is 4. The maximum atomic E-state index is 13.3. The van der Waals surface area contributed by atoms with Gasteiger partial charge in [-0.05, 0) is 36.6 Å². The molecule has 1 aliphatic heterocycles. The van der Waals surface area contributed by atoms with Crippen molar-refractivity contribution in [2.75, 3.05) is 25.0 Å². The summed E-state index contributed by atoms with van der Waals surface area (Å²) in [4.78, 5) is 40.6. The molecule has 2 aliphatic rings. The van der Waals surface area contributed by atoms with Crippen molar-refractivity contribution in [1.82, 2.24) is 4.90 Å². The number of rotatable bonds is 3. The van der Waals surface area contributed by atoms with Gasteiger partial charge in [0.2, 0.25) is 0 Å². The van der Waals surface area contributed by atoms with Crippen molar-refractivity contribution in [3.63, 3.8) is 0 Å². The van der Waals surface area contributed by atoms with Gasteiger partial charge in [0, 0.05) is 18.8 Å². The first-order valence-electron chi connectivity index (χ1n) is 9.45. The van der Waals surface area contributed by atoms with Gasteiger partial charge in [-0.15, -0.1) is 0 Å². The number of ether oxygens (including phenoxy) is 1. The van der Waals surface area contributed by atoms with Crippen molar-refractivity contribution in [3.05, 3.63) is 65.7 Å². The van der Waals surface area contributed by atoms with E-state index >= 15 is 0 Å². The van der Waals surface area contributed by atoms with Gasteiger partial charge in [0.25, 0.3) is 0 Å². The SMILES string of the molecule is CCOC(=O)C12Cc3ccccc3C(CN(C(=O)Nc3ccccc3)C1)C2=O. The van der Waals surface area contributed by atoms with E-state index in [0.29, 0.717) is 5.69 Å². The zero-order valence-corrected chi connectivity index (χ0v) is 15.7. The van der Waals surface area contributed by atoms with Crippen LogP contribution in [0.5, 0.6) is 0 Å². The molecule has 4 rings (SSSR count). The summed E-state index contributed by atoms with van der Waals surface area (Å²) in [5, 5.41) is 2.85. The average molecular weight is 378 g/mol. The second kappa shape index (κ2) is 7.11. The zero-order chi connectivity index (χ0) is 19.7. The molecule has 0 spiro atoms. The van der Waals surface area contributed by atoms with Gasteiger partial charge in [-0.3, -0.25) is 9.59 Å². The Morgan fingerprint density at radius 3 is 2.61 bits per heavy atom. The van der Waals surface area contributed by atoms with Gasteiger partial charge < -0.3 is 15.0 Å². The van der Waals surface area contributed by atoms with Gasteiger partial charge >= 0.3 is 12.0 Å². The lowest BCUT2D eigenvalue weighted by molar-refractivity contribution is -0.164. The van der Waals surface area contributed by atoms with E-state index in [1.165, 1.54) is 0 Å². The summed E-state index contributed by atoms with van der Waals surface area (Å²) in [6.45, 7) is 2.18. The first-order valence-corrected chi connectivity index (χ1v) is 9.45. The highest BCUT2D eigenvalue weighted by molar-refractivity contribution is 6.10. The molecule has 144 valence electrons. The molecule has 6 nitrogen and oxygen atoms in total. The number of benzene rings is 2. The molecule has 0 radical (unpaired) electrons. The number of Topliss-reactive ketones (excluding diaryl/α,β-unsaturated/α-hetero) is 1. The molecule has 2 unspecified atom stereocenters. The van der Waals surface area contributed by atoms with Crippen LogP contribution in [-0.4, -0.2) is 42.4 Å². The van der Waals surface area contributed by atoms with Gasteiger partial charge in [-0.2, -0.15) is 0 Å². The molecule has 6 heteroatoms. The number of para-hydroxylation sites is 1. The Bertz CT molecular complexity index is 927. The van der Waals surface area contributed by atoms with Crippen LogP contribution in [0.3, 0.4) is 0 Å². The van der Waals surface area contributed by atoms with Gasteiger partial charge in [-0.1, -0.05) is 42.5 Å². The number of esters is 1. The molecule has 1 N–H and O–H groups in total. The molecule has 1 fully saturated rings. The third kappa shape index (κ3) is 2.95. The lowest BCUT2D eigenvalue weighted by Crippen LogP contribution is -2.62. The van der Waals surface area contributed by atoms with Crippen molar-refractivity contribution in [2.24, 2.45) is 5.41 Å². The molecule has 2 amide bonds. The van der Waals surface area contributed by atoms with Crippen LogP contribution < -0.4 is 5.32 Å². The third-order valence-electron chi connectivity index (χ3n) is 5.55. The fourth-order valence-corrected chi connectivity index (χ4v) is 4.23. The van der Waals surface area contributed by atoms with Crippen LogP contribution >= 0.6 is 0 Å². The largest absolute Gasteiger partial charge is 0.465 e. The number of likely N-dealkylation sites (tertiary alicyclic amines) is 1. The highest BCUT2D eigenvalue weighted by Crippen LogP contribution is 2.45. The van der Waals surface area contributed by atoms with Crippen LogP contribution in [-0.2, 0) is 20.7 Å². The molecule has 2 aromatic carbocycles. The molecular weight excluding hydrogens is 356 g/mol. The Morgan fingerprint density at radius 2 is 1.86 bits per heavy atom. The number of nitrogens with zero attached hydrogens (tertiary/aromatic N) is 1. The smallest absolute Gasteiger partial charge is 0.321 e. The van der Waals surface area contributed by atoms with Crippen LogP contribution in [0.2, 0.25) is 0 Å². The molecular formula is C22H22N2O4. The van der Waals surface area contributed by atoms with E-state index in [0.717, 1.165) is 11.1 Å². The van der Waals surface area contributed by atoms with Crippen LogP contribution in [0.15, 0.2) is 54.6 Å². The molecule has 0 aromatic heterocycles. The minimum absolute atomic E-state index is 0.0220. The number of piperidine rings is 1. The second-order valence-corrected chi connectivity index (χ2v) is 7.27. The van der Waals surface area contributed by atoms with E-state index in [4.69, 9.17) is 4.74 Å². The maximum Gasteiger partial charge on any atom is 0.321 e. The number of carbonyl (C=O) groups is 3. The number of amides is 2. The number of anilines is 1. The Kier molecular flexibility index (Phi) is 4.63. The lowest BCUT2D eigenvalue weighted by Gasteiger charge is -2.47. The minimum Gasteiger partial charge on any atom is -0.465 e. The number of ketones is 1. The van der Waals surface area contributed by atoms with E-state index in [1.54, 1.807) is 24.0 Å². The number of carbonyl (C=O) groups excluding carboxylic acids is 3. The van der Waals surface area contributed by atoms with E-state index in [1.807, 2.05) is 42.5 Å². The summed E-state index contributed by atoms with van der Waals surface area (Å²) in [7, 11) is 0. The molecule has 2 atom stereocenters. The molecule has 1 aliphatic carbocycles. The Labute approximate surface area is 163 Å². The fraction of sp³-hybridized carbons (Fsp3) is 0.318. The molecule has 2 bridgehead atoms. The first kappa shape index (κ1) is 18.2. The van der Waals surface area contributed by atoms with E-state index in [-0.39, 0.29) is 37.9 Å². The maximum absolute atomic E-state index is 13.3. The zero-order valence-electron chi connectivity index (χ0n) is 15.7. The summed E-state index contributed by atoms with van der Waals surface area (Å²) >= 11 is 0. The summed E-state index contributed by atoms with van der Waals surface area (Å²) in [6, 6.07) is 16.4. The van der Waals surface area contributed by atoms with Crippen LogP contribution in [0.1, 0.15) is 24.0 Å². The van der Waals surface area contributed by atoms with Gasteiger partial charge in [0.05, 0.1) is 12.5 Å². The molecule has 2 aromatic rings. The molecule has 28 heavy (non-hydrogen) atoms. The topological polar surface area (TPSA) is 75.7 Å². The number of fused-ring (bicyclic) bond motifs is 4. The summed E-state index contributed by atoms with van der Waals surface area (Å²) in [5.41, 5.74) is 1.19. The molecule has 1 heterocycles. The Balaban J connectivity index is 1.69. The fourth-order valence-electron chi connectivity index (χ4n) is 4.23. The number of urea groups is 1. The van der Waals surface area contributed by atoms with Crippen molar-refractivity contribution in [3.8, 4) is 0 Å². The quantitative estimate of drug-likeness (QED) is 0.658. The van der Waals surface area contributed by atoms with Crippen molar-refractivity contribution in [2.45, 2.75) is 19.3 Å². The lowest BCUT2D eigenvalue weighted by atomic mass is 9.63. The van der Waals surface area contributed by atoms with Crippen LogP contribution in [0, 0.1) is 5.41 Å².